The fraction of sp³-hybridized carbons (Fsp3) is 0.483. The Morgan fingerprint density at radius 3 is 2.65 bits per heavy atom. The van der Waals surface area contributed by atoms with Crippen LogP contribution in [-0.4, -0.2) is 51.9 Å². The SMILES string of the molecule is CC[C@@H](C)C(=O)N[C@H](C(=O)N1CCC[C@H]1c1cn2cccc(-c3ccc(N)cc3)c2n1)C1CCOCC1. The molecule has 37 heavy (non-hydrogen) atoms. The summed E-state index contributed by atoms with van der Waals surface area (Å²) < 4.78 is 7.58. The Bertz CT molecular complexity index is 1250. The van der Waals surface area contributed by atoms with Crippen molar-refractivity contribution in [1.82, 2.24) is 19.6 Å². The zero-order valence-electron chi connectivity index (χ0n) is 21.7. The number of rotatable bonds is 7. The maximum absolute atomic E-state index is 14.0. The molecule has 4 heterocycles. The maximum atomic E-state index is 14.0. The number of nitrogens with zero attached hydrogens (tertiary/aromatic N) is 3. The number of carbonyl (C=O) groups is 2. The number of ether oxygens (including phenoxy) is 1. The summed E-state index contributed by atoms with van der Waals surface area (Å²) >= 11 is 0. The van der Waals surface area contributed by atoms with E-state index in [2.05, 4.69) is 11.4 Å². The van der Waals surface area contributed by atoms with E-state index < -0.39 is 6.04 Å². The van der Waals surface area contributed by atoms with E-state index in [4.69, 9.17) is 15.5 Å². The number of pyridine rings is 1. The molecule has 2 aromatic heterocycles. The molecule has 2 saturated heterocycles. The van der Waals surface area contributed by atoms with Crippen LogP contribution in [-0.2, 0) is 14.3 Å². The third kappa shape index (κ3) is 5.21. The molecule has 8 heteroatoms. The van der Waals surface area contributed by atoms with Crippen molar-refractivity contribution in [3.8, 4) is 11.1 Å². The molecule has 0 bridgehead atoms. The van der Waals surface area contributed by atoms with Gasteiger partial charge in [-0.15, -0.1) is 0 Å². The maximum Gasteiger partial charge on any atom is 0.246 e. The van der Waals surface area contributed by atoms with Crippen LogP contribution < -0.4 is 11.1 Å². The van der Waals surface area contributed by atoms with E-state index in [-0.39, 0.29) is 29.7 Å². The Balaban J connectivity index is 1.44. The van der Waals surface area contributed by atoms with Gasteiger partial charge in [0.1, 0.15) is 11.7 Å². The van der Waals surface area contributed by atoms with Crippen molar-refractivity contribution in [3.05, 3.63) is 54.5 Å². The van der Waals surface area contributed by atoms with Gasteiger partial charge in [-0.25, -0.2) is 4.98 Å². The van der Waals surface area contributed by atoms with Crippen molar-refractivity contribution in [2.75, 3.05) is 25.5 Å². The quantitative estimate of drug-likeness (QED) is 0.471. The van der Waals surface area contributed by atoms with E-state index >= 15 is 0 Å². The van der Waals surface area contributed by atoms with Crippen LogP contribution in [0.15, 0.2) is 48.8 Å². The minimum Gasteiger partial charge on any atom is -0.399 e. The highest BCUT2D eigenvalue weighted by atomic mass is 16.5. The number of hydrogen-bond acceptors (Lipinski definition) is 5. The zero-order valence-corrected chi connectivity index (χ0v) is 21.7. The number of nitrogens with two attached hydrogens (primary N) is 1. The fourth-order valence-corrected chi connectivity index (χ4v) is 5.51. The molecule has 3 aromatic rings. The summed E-state index contributed by atoms with van der Waals surface area (Å²) in [6.45, 7) is 5.82. The first-order chi connectivity index (χ1) is 18.0. The van der Waals surface area contributed by atoms with E-state index in [1.54, 1.807) is 0 Å². The number of hydrogen-bond donors (Lipinski definition) is 2. The number of anilines is 1. The molecule has 2 amide bonds. The number of carbonyl (C=O) groups excluding carboxylic acids is 2. The molecule has 1 aromatic carbocycles. The topological polar surface area (TPSA) is 102 Å². The monoisotopic (exact) mass is 503 g/mol. The summed E-state index contributed by atoms with van der Waals surface area (Å²) in [4.78, 5) is 33.9. The molecule has 0 radical (unpaired) electrons. The van der Waals surface area contributed by atoms with Gasteiger partial charge in [-0.1, -0.05) is 26.0 Å². The fourth-order valence-electron chi connectivity index (χ4n) is 5.51. The molecule has 0 saturated carbocycles. The highest BCUT2D eigenvalue weighted by Crippen LogP contribution is 2.35. The van der Waals surface area contributed by atoms with Crippen LogP contribution in [0.3, 0.4) is 0 Å². The van der Waals surface area contributed by atoms with Crippen LogP contribution in [0.25, 0.3) is 16.8 Å². The number of benzene rings is 1. The first-order valence-electron chi connectivity index (χ1n) is 13.5. The van der Waals surface area contributed by atoms with Crippen LogP contribution in [0.4, 0.5) is 5.69 Å². The van der Waals surface area contributed by atoms with Crippen molar-refractivity contribution in [1.29, 1.82) is 0 Å². The predicted molar refractivity (Wildman–Crippen MR) is 144 cm³/mol. The van der Waals surface area contributed by atoms with Crippen molar-refractivity contribution < 1.29 is 14.3 Å². The molecule has 196 valence electrons. The molecule has 3 atom stereocenters. The zero-order chi connectivity index (χ0) is 25.9. The van der Waals surface area contributed by atoms with Crippen LogP contribution in [0, 0.1) is 11.8 Å². The molecular weight excluding hydrogens is 466 g/mol. The Kier molecular flexibility index (Phi) is 7.46. The second kappa shape index (κ2) is 10.9. The Morgan fingerprint density at radius 1 is 1.16 bits per heavy atom. The molecule has 2 fully saturated rings. The molecule has 3 N–H and O–H groups in total. The average Bonchev–Trinajstić information content (AvgIpc) is 3.59. The lowest BCUT2D eigenvalue weighted by Crippen LogP contribution is -2.54. The molecule has 0 aliphatic carbocycles. The number of imidazole rings is 1. The number of fused-ring (bicyclic) bond motifs is 1. The Hall–Kier alpha value is -3.39. The first kappa shape index (κ1) is 25.3. The molecule has 0 unspecified atom stereocenters. The normalized spacial score (nSPS) is 20.2. The summed E-state index contributed by atoms with van der Waals surface area (Å²) in [5.74, 6) is -0.103. The smallest absolute Gasteiger partial charge is 0.246 e. The summed E-state index contributed by atoms with van der Waals surface area (Å²) in [7, 11) is 0. The summed E-state index contributed by atoms with van der Waals surface area (Å²) in [5.41, 5.74) is 10.4. The van der Waals surface area contributed by atoms with Gasteiger partial charge in [0.2, 0.25) is 11.8 Å². The minimum atomic E-state index is -0.534. The standard InChI is InChI=1S/C29H37N5O3/c1-3-19(2)28(35)32-26(21-12-16-37-17-13-21)29(36)34-15-5-7-25(34)24-18-33-14-4-6-23(27(33)31-24)20-8-10-22(30)11-9-20/h4,6,8-11,14,18-19,21,25-26H,3,5,7,12-13,15-17,30H2,1-2H3,(H,32,35)/t19-,25+,26+/m1/s1. The van der Waals surface area contributed by atoms with Crippen molar-refractivity contribution in [2.24, 2.45) is 11.8 Å². The molecule has 2 aliphatic heterocycles. The molecular formula is C29H37N5O3. The van der Waals surface area contributed by atoms with Crippen LogP contribution in [0.1, 0.15) is 57.7 Å². The lowest BCUT2D eigenvalue weighted by molar-refractivity contribution is -0.140. The van der Waals surface area contributed by atoms with Gasteiger partial charge in [0.15, 0.2) is 0 Å². The summed E-state index contributed by atoms with van der Waals surface area (Å²) in [6, 6.07) is 11.2. The van der Waals surface area contributed by atoms with Crippen molar-refractivity contribution >= 4 is 23.1 Å². The van der Waals surface area contributed by atoms with Gasteiger partial charge in [-0.2, -0.15) is 0 Å². The third-order valence-electron chi connectivity index (χ3n) is 7.96. The molecule has 5 rings (SSSR count). The van der Waals surface area contributed by atoms with Gasteiger partial charge >= 0.3 is 0 Å². The number of likely N-dealkylation sites (tertiary alicyclic amines) is 1. The number of nitrogens with one attached hydrogen (secondary N) is 1. The molecule has 8 nitrogen and oxygen atoms in total. The third-order valence-corrected chi connectivity index (χ3v) is 7.96. The Labute approximate surface area is 218 Å². The van der Waals surface area contributed by atoms with Crippen LogP contribution in [0.5, 0.6) is 0 Å². The van der Waals surface area contributed by atoms with Gasteiger partial charge in [0, 0.05) is 49.3 Å². The highest BCUT2D eigenvalue weighted by Gasteiger charge is 2.40. The second-order valence-corrected chi connectivity index (χ2v) is 10.4. The Morgan fingerprint density at radius 2 is 1.92 bits per heavy atom. The highest BCUT2D eigenvalue weighted by molar-refractivity contribution is 5.89. The lowest BCUT2D eigenvalue weighted by Gasteiger charge is -2.35. The number of amides is 2. The molecule has 0 spiro atoms. The van der Waals surface area contributed by atoms with Gasteiger partial charge in [-0.05, 0) is 67.9 Å². The van der Waals surface area contributed by atoms with Gasteiger partial charge in [-0.3, -0.25) is 9.59 Å². The predicted octanol–water partition coefficient (Wildman–Crippen LogP) is 4.20. The number of nitrogen functional groups attached to an aromatic ring is 1. The van der Waals surface area contributed by atoms with E-state index in [0.29, 0.717) is 19.8 Å². The van der Waals surface area contributed by atoms with Crippen LogP contribution in [0.2, 0.25) is 0 Å². The van der Waals surface area contributed by atoms with E-state index in [1.165, 1.54) is 0 Å². The van der Waals surface area contributed by atoms with E-state index in [1.807, 2.05) is 65.9 Å². The van der Waals surface area contributed by atoms with E-state index in [9.17, 15) is 9.59 Å². The van der Waals surface area contributed by atoms with Gasteiger partial charge in [0.05, 0.1) is 11.7 Å². The number of aromatic nitrogens is 2. The molecule has 2 aliphatic rings. The van der Waals surface area contributed by atoms with Crippen LogP contribution >= 0.6 is 0 Å². The second-order valence-electron chi connectivity index (χ2n) is 10.4. The first-order valence-corrected chi connectivity index (χ1v) is 13.5. The largest absolute Gasteiger partial charge is 0.399 e. The minimum absolute atomic E-state index is 0.00173. The van der Waals surface area contributed by atoms with Crippen molar-refractivity contribution in [2.45, 2.75) is 58.0 Å². The lowest BCUT2D eigenvalue weighted by atomic mass is 9.90. The summed E-state index contributed by atoms with van der Waals surface area (Å²) in [5, 5.41) is 3.13. The van der Waals surface area contributed by atoms with Crippen molar-refractivity contribution in [3.63, 3.8) is 0 Å². The van der Waals surface area contributed by atoms with Gasteiger partial charge in [0.25, 0.3) is 0 Å². The summed E-state index contributed by atoms with van der Waals surface area (Å²) in [6.07, 6.45) is 8.08. The van der Waals surface area contributed by atoms with E-state index in [0.717, 1.165) is 60.3 Å². The van der Waals surface area contributed by atoms with Gasteiger partial charge < -0.3 is 25.1 Å². The average molecular weight is 504 g/mol.